The van der Waals surface area contributed by atoms with Crippen molar-refractivity contribution in [3.05, 3.63) is 31.6 Å². The molecular weight excluding hydrogens is 772 g/mol. The first-order chi connectivity index (χ1) is 20.3. The molecule has 4 heterocycles. The van der Waals surface area contributed by atoms with Crippen LogP contribution in [0.15, 0.2) is 36.4 Å². The van der Waals surface area contributed by atoms with Gasteiger partial charge in [0.25, 0.3) is 10.0 Å². The molecule has 0 bridgehead atoms. The van der Waals surface area contributed by atoms with E-state index >= 15 is 0 Å². The minimum atomic E-state index is -4.06. The maximum atomic E-state index is 13.0. The number of thiophene rings is 1. The van der Waals surface area contributed by atoms with Crippen LogP contribution in [-0.2, 0) is 24.8 Å². The Hall–Kier alpha value is -0.850. The molecule has 11 nitrogen and oxygen atoms in total. The van der Waals surface area contributed by atoms with Crippen molar-refractivity contribution in [2.75, 3.05) is 37.7 Å². The summed E-state index contributed by atoms with van der Waals surface area (Å²) < 4.78 is 56.9. The van der Waals surface area contributed by atoms with Gasteiger partial charge in [-0.25, -0.2) is 26.5 Å². The van der Waals surface area contributed by atoms with E-state index in [0.717, 1.165) is 69.4 Å². The molecule has 1 unspecified atom stereocenters. The number of carboxylic acid groups (broad SMARTS) is 1. The molecule has 0 saturated carbocycles. The van der Waals surface area contributed by atoms with E-state index in [-0.39, 0.29) is 9.10 Å². The Morgan fingerprint density at radius 2 is 1.65 bits per heavy atom. The van der Waals surface area contributed by atoms with Gasteiger partial charge in [-0.3, -0.25) is 4.79 Å². The van der Waals surface area contributed by atoms with Crippen molar-refractivity contribution in [1.82, 2.24) is 14.0 Å². The normalized spacial score (nSPS) is 18.7. The van der Waals surface area contributed by atoms with Gasteiger partial charge >= 0.3 is 5.97 Å². The highest BCUT2D eigenvalue weighted by Gasteiger charge is 2.31. The number of hydrogen-bond acceptors (Lipinski definition) is 9. The second-order valence-electron chi connectivity index (χ2n) is 11.0. The molecule has 2 aliphatic rings. The lowest BCUT2D eigenvalue weighted by molar-refractivity contribution is -0.137. The van der Waals surface area contributed by atoms with Crippen LogP contribution >= 0.6 is 54.8 Å². The summed E-state index contributed by atoms with van der Waals surface area (Å²) in [5, 5.41) is 18.2. The zero-order chi connectivity index (χ0) is 31.4. The number of carbonyl (C=O) groups is 1. The Kier molecular flexibility index (Phi) is 12.3. The Balaban J connectivity index is 1.20. The number of aliphatic hydroxyl groups excluding tert-OH is 1. The van der Waals surface area contributed by atoms with Gasteiger partial charge in [-0.05, 0) is 81.5 Å². The lowest BCUT2D eigenvalue weighted by Gasteiger charge is -2.34. The predicted molar refractivity (Wildman–Crippen MR) is 173 cm³/mol. The number of nitrogens with zero attached hydrogens (tertiary/aromatic N) is 3. The van der Waals surface area contributed by atoms with Crippen LogP contribution in [0.2, 0.25) is 4.34 Å². The third-order valence-corrected chi connectivity index (χ3v) is 14.9. The third-order valence-electron chi connectivity index (χ3n) is 8.00. The van der Waals surface area contributed by atoms with Crippen molar-refractivity contribution in [3.63, 3.8) is 0 Å². The zero-order valence-corrected chi connectivity index (χ0v) is 29.7. The van der Waals surface area contributed by atoms with E-state index < -0.39 is 45.1 Å². The Morgan fingerprint density at radius 3 is 2.16 bits per heavy atom. The summed E-state index contributed by atoms with van der Waals surface area (Å²) >= 11 is 13.9. The van der Waals surface area contributed by atoms with Gasteiger partial charge in [0.15, 0.2) is 0 Å². The first kappa shape index (κ1) is 35.0. The second-order valence-corrected chi connectivity index (χ2v) is 18.2. The molecule has 0 aromatic carbocycles. The molecule has 0 amide bonds. The van der Waals surface area contributed by atoms with E-state index in [1.807, 2.05) is 0 Å². The zero-order valence-electron chi connectivity index (χ0n) is 23.3. The molecule has 4 rings (SSSR count). The van der Waals surface area contributed by atoms with E-state index in [0.29, 0.717) is 44.0 Å². The van der Waals surface area contributed by atoms with Crippen molar-refractivity contribution >= 4 is 86.6 Å². The number of nitrogens with one attached hydrogen (secondary N) is 1. The summed E-state index contributed by atoms with van der Waals surface area (Å²) in [6.45, 7) is 2.01. The Labute approximate surface area is 278 Å². The van der Waals surface area contributed by atoms with Crippen LogP contribution in [-0.4, -0.2) is 81.1 Å². The van der Waals surface area contributed by atoms with Crippen LogP contribution in [0, 0.1) is 11.8 Å². The molecule has 0 radical (unpaired) electrons. The summed E-state index contributed by atoms with van der Waals surface area (Å²) in [5.41, 5.74) is 0. The largest absolute Gasteiger partial charge is 0.481 e. The maximum Gasteiger partial charge on any atom is 0.305 e. The molecule has 2 fully saturated rings. The highest BCUT2D eigenvalue weighted by molar-refractivity contribution is 9.11. The van der Waals surface area contributed by atoms with E-state index in [1.54, 1.807) is 10.4 Å². The summed E-state index contributed by atoms with van der Waals surface area (Å²) in [5.74, 6) is 0.543. The van der Waals surface area contributed by atoms with Crippen molar-refractivity contribution in [2.45, 2.75) is 66.5 Å². The summed E-state index contributed by atoms with van der Waals surface area (Å²) in [6.07, 6.45) is 7.74. The van der Waals surface area contributed by atoms with Gasteiger partial charge in [0.2, 0.25) is 10.0 Å². The summed E-state index contributed by atoms with van der Waals surface area (Å²) in [6, 6.07) is 1.88. The van der Waals surface area contributed by atoms with Gasteiger partial charge < -0.3 is 15.1 Å². The molecule has 240 valence electrons. The van der Waals surface area contributed by atoms with Gasteiger partial charge in [-0.15, -0.1) is 11.3 Å². The number of aliphatic hydroxyl groups is 1. The molecule has 2 aliphatic heterocycles. The first-order valence-corrected chi connectivity index (χ1v) is 19.7. The molecule has 17 heteroatoms. The Morgan fingerprint density at radius 1 is 1.05 bits per heavy atom. The minimum absolute atomic E-state index is 0.116. The average molecular weight is 807 g/mol. The van der Waals surface area contributed by atoms with Crippen molar-refractivity contribution < 1.29 is 31.8 Å². The highest BCUT2D eigenvalue weighted by Crippen LogP contribution is 2.37. The molecular formula is C26H35Br2ClN4O7S3. The minimum Gasteiger partial charge on any atom is -0.481 e. The number of piperidine rings is 2. The number of anilines is 1. The van der Waals surface area contributed by atoms with Gasteiger partial charge in [-0.2, -0.15) is 4.31 Å². The van der Waals surface area contributed by atoms with Gasteiger partial charge in [0, 0.05) is 36.8 Å². The van der Waals surface area contributed by atoms with Crippen LogP contribution in [0.25, 0.3) is 0 Å². The van der Waals surface area contributed by atoms with Gasteiger partial charge in [-0.1, -0.05) is 30.9 Å². The molecule has 43 heavy (non-hydrogen) atoms. The second kappa shape index (κ2) is 15.2. The molecule has 2 aromatic heterocycles. The number of aliphatic carboxylic acids is 1. The number of halogens is 3. The monoisotopic (exact) mass is 804 g/mol. The summed E-state index contributed by atoms with van der Waals surface area (Å²) in [7, 11) is -7.58. The molecule has 0 aliphatic carbocycles. The smallest absolute Gasteiger partial charge is 0.305 e. The standard InChI is InChI=1S/C26H35Br2ClN4O7S3/c27-21-14-24(41-25(21)29)43(39,40)33-10-6-18(7-11-33)3-1-2-17-4-8-32(9-5-17)26-22(28)13-20(15-30-26)42(37,38)31-19(16-34)12-23(35)36/h13-15,17-19,31,34H,1-12,16H2,(H,35,36). The lowest BCUT2D eigenvalue weighted by Crippen LogP contribution is -2.39. The van der Waals surface area contributed by atoms with Crippen LogP contribution in [0.1, 0.15) is 51.4 Å². The van der Waals surface area contributed by atoms with Crippen molar-refractivity contribution in [3.8, 4) is 0 Å². The topological polar surface area (TPSA) is 157 Å². The number of hydrogen-bond donors (Lipinski definition) is 3. The fraction of sp³-hybridized carbons (Fsp3) is 0.615. The number of aromatic nitrogens is 1. The van der Waals surface area contributed by atoms with Crippen LogP contribution in [0.3, 0.4) is 0 Å². The fourth-order valence-corrected chi connectivity index (χ4v) is 11.5. The number of carboxylic acids is 1. The van der Waals surface area contributed by atoms with E-state index in [2.05, 4.69) is 46.5 Å². The molecule has 0 spiro atoms. The quantitative estimate of drug-likeness (QED) is 0.256. The van der Waals surface area contributed by atoms with E-state index in [1.165, 1.54) is 12.3 Å². The molecule has 2 saturated heterocycles. The van der Waals surface area contributed by atoms with Crippen LogP contribution in [0.4, 0.5) is 5.82 Å². The maximum absolute atomic E-state index is 13.0. The average Bonchev–Trinajstić information content (AvgIpc) is 3.31. The number of pyridine rings is 1. The van der Waals surface area contributed by atoms with Crippen molar-refractivity contribution in [1.29, 1.82) is 0 Å². The van der Waals surface area contributed by atoms with Crippen LogP contribution in [0.5, 0.6) is 0 Å². The Bertz CT molecular complexity index is 1470. The summed E-state index contributed by atoms with van der Waals surface area (Å²) in [4.78, 5) is 17.3. The predicted octanol–water partition coefficient (Wildman–Crippen LogP) is 4.92. The van der Waals surface area contributed by atoms with Crippen molar-refractivity contribution in [2.24, 2.45) is 11.8 Å². The van der Waals surface area contributed by atoms with E-state index in [4.69, 9.17) is 16.7 Å². The lowest BCUT2D eigenvalue weighted by atomic mass is 9.87. The third kappa shape index (κ3) is 9.12. The molecule has 3 N–H and O–H groups in total. The molecule has 1 atom stereocenters. The first-order valence-electron chi connectivity index (χ1n) is 14.0. The fourth-order valence-electron chi connectivity index (χ4n) is 5.58. The molecule has 2 aromatic rings. The van der Waals surface area contributed by atoms with Gasteiger partial charge in [0.05, 0.1) is 23.5 Å². The van der Waals surface area contributed by atoms with Crippen LogP contribution < -0.4 is 9.62 Å². The van der Waals surface area contributed by atoms with Gasteiger partial charge in [0.1, 0.15) is 19.3 Å². The number of rotatable bonds is 13. The SMILES string of the molecule is O=C(O)CC(CO)NS(=O)(=O)c1cnc(N2CCC(CCCC3CCN(S(=O)(=O)c4cc(Br)c(Cl)s4)CC3)CC2)c(Br)c1. The highest BCUT2D eigenvalue weighted by atomic mass is 79.9. The number of sulfonamides is 2. The van der Waals surface area contributed by atoms with E-state index in [9.17, 15) is 26.7 Å².